The molecule has 0 fully saturated rings. The van der Waals surface area contributed by atoms with Crippen molar-refractivity contribution in [1.29, 1.82) is 0 Å². The highest BCUT2D eigenvalue weighted by Crippen LogP contribution is 2.24. The Hall–Kier alpha value is -3.55. The van der Waals surface area contributed by atoms with Gasteiger partial charge in [0.05, 0.1) is 31.7 Å². The molecule has 3 aromatic rings. The summed E-state index contributed by atoms with van der Waals surface area (Å²) < 4.78 is 21.8. The van der Waals surface area contributed by atoms with Gasteiger partial charge < -0.3 is 18.6 Å². The molecule has 3 rings (SSSR count). The minimum atomic E-state index is -0.604. The van der Waals surface area contributed by atoms with E-state index in [-0.39, 0.29) is 18.5 Å². The largest absolute Gasteiger partial charge is 0.497 e. The average molecular weight is 385 g/mol. The Morgan fingerprint density at radius 1 is 1.07 bits per heavy atom. The fraction of sp³-hybridized carbons (Fsp3) is 0.250. The van der Waals surface area contributed by atoms with Crippen LogP contribution in [0.4, 0.5) is 0 Å². The lowest BCUT2D eigenvalue weighted by Gasteiger charge is -2.10. The summed E-state index contributed by atoms with van der Waals surface area (Å²) in [6.07, 6.45) is -0.0774. The fourth-order valence-corrected chi connectivity index (χ4v) is 2.76. The van der Waals surface area contributed by atoms with Gasteiger partial charge in [0.15, 0.2) is 12.2 Å². The lowest BCUT2D eigenvalue weighted by atomic mass is 10.1. The fourth-order valence-electron chi connectivity index (χ4n) is 2.76. The molecule has 0 aliphatic rings. The highest BCUT2D eigenvalue weighted by molar-refractivity contribution is 6.00. The van der Waals surface area contributed by atoms with E-state index in [4.69, 9.17) is 18.6 Å². The van der Waals surface area contributed by atoms with Crippen LogP contribution in [0.1, 0.15) is 16.8 Å². The first-order valence-electron chi connectivity index (χ1n) is 8.52. The number of hydrogen-bond donors (Lipinski definition) is 0. The maximum Gasteiger partial charge on any atom is 0.419 e. The standard InChI is InChI=1S/C20H19NO7/c1-25-13-7-8-17(26-2)14(11-13)16(22)12-27-19(23)9-10-21-15-5-3-4-6-18(15)28-20(21)24/h3-8,11H,9-10,12H2,1-2H3. The van der Waals surface area contributed by atoms with E-state index >= 15 is 0 Å². The molecule has 0 unspecified atom stereocenters. The van der Waals surface area contributed by atoms with Crippen molar-refractivity contribution in [2.45, 2.75) is 13.0 Å². The van der Waals surface area contributed by atoms with Crippen molar-refractivity contribution in [3.05, 3.63) is 58.6 Å². The zero-order chi connectivity index (χ0) is 20.1. The molecule has 0 atom stereocenters. The summed E-state index contributed by atoms with van der Waals surface area (Å²) in [6.45, 7) is -0.352. The number of hydrogen-bond acceptors (Lipinski definition) is 7. The molecular formula is C20H19NO7. The van der Waals surface area contributed by atoms with Gasteiger partial charge in [0.1, 0.15) is 11.5 Å². The maximum atomic E-state index is 12.4. The van der Waals surface area contributed by atoms with Crippen LogP contribution >= 0.6 is 0 Å². The summed E-state index contributed by atoms with van der Waals surface area (Å²) in [5.41, 5.74) is 1.30. The summed E-state index contributed by atoms with van der Waals surface area (Å²) in [5, 5.41) is 0. The van der Waals surface area contributed by atoms with Gasteiger partial charge in [-0.05, 0) is 30.3 Å². The van der Waals surface area contributed by atoms with E-state index in [0.29, 0.717) is 22.6 Å². The van der Waals surface area contributed by atoms with Crippen LogP contribution in [0, 0.1) is 0 Å². The molecule has 0 saturated carbocycles. The molecule has 0 aliphatic heterocycles. The normalized spacial score (nSPS) is 10.6. The second kappa shape index (κ2) is 8.43. The minimum Gasteiger partial charge on any atom is -0.497 e. The Bertz CT molecular complexity index is 1060. The van der Waals surface area contributed by atoms with Gasteiger partial charge in [0.2, 0.25) is 5.78 Å². The van der Waals surface area contributed by atoms with Gasteiger partial charge in [-0.15, -0.1) is 0 Å². The molecule has 1 aromatic heterocycles. The third-order valence-electron chi connectivity index (χ3n) is 4.18. The van der Waals surface area contributed by atoms with Gasteiger partial charge in [-0.1, -0.05) is 12.1 Å². The number of ketones is 1. The number of aryl methyl sites for hydroxylation is 1. The number of carbonyl (C=O) groups is 2. The van der Waals surface area contributed by atoms with Gasteiger partial charge in [-0.2, -0.15) is 0 Å². The number of fused-ring (bicyclic) bond motifs is 1. The van der Waals surface area contributed by atoms with Crippen molar-refractivity contribution >= 4 is 22.9 Å². The predicted molar refractivity (Wildman–Crippen MR) is 99.9 cm³/mol. The Morgan fingerprint density at radius 2 is 1.86 bits per heavy atom. The first-order valence-corrected chi connectivity index (χ1v) is 8.52. The number of aromatic nitrogens is 1. The van der Waals surface area contributed by atoms with Crippen LogP contribution in [0.2, 0.25) is 0 Å². The Balaban J connectivity index is 1.61. The van der Waals surface area contributed by atoms with Crippen molar-refractivity contribution in [2.24, 2.45) is 0 Å². The minimum absolute atomic E-state index is 0.0774. The van der Waals surface area contributed by atoms with E-state index in [0.717, 1.165) is 0 Å². The van der Waals surface area contributed by atoms with Crippen molar-refractivity contribution in [3.8, 4) is 11.5 Å². The molecule has 0 amide bonds. The molecule has 0 N–H and O–H groups in total. The third-order valence-corrected chi connectivity index (χ3v) is 4.18. The summed E-state index contributed by atoms with van der Waals surface area (Å²) in [4.78, 5) is 36.3. The van der Waals surface area contributed by atoms with E-state index in [1.165, 1.54) is 24.9 Å². The van der Waals surface area contributed by atoms with Gasteiger partial charge in [0, 0.05) is 6.54 Å². The van der Waals surface area contributed by atoms with Crippen LogP contribution < -0.4 is 15.2 Å². The summed E-state index contributed by atoms with van der Waals surface area (Å²) in [5.74, 6) is -0.728. The predicted octanol–water partition coefficient (Wildman–Crippen LogP) is 2.43. The van der Waals surface area contributed by atoms with Crippen LogP contribution in [0.15, 0.2) is 51.7 Å². The zero-order valence-electron chi connectivity index (χ0n) is 15.5. The summed E-state index contributed by atoms with van der Waals surface area (Å²) in [7, 11) is 2.93. The summed E-state index contributed by atoms with van der Waals surface area (Å²) >= 11 is 0. The molecule has 8 heteroatoms. The number of para-hydroxylation sites is 2. The van der Waals surface area contributed by atoms with E-state index in [1.807, 2.05) is 0 Å². The number of oxazole rings is 1. The van der Waals surface area contributed by atoms with Crippen LogP contribution in [0.5, 0.6) is 11.5 Å². The number of ether oxygens (including phenoxy) is 3. The van der Waals surface area contributed by atoms with Gasteiger partial charge in [-0.25, -0.2) is 4.79 Å². The molecule has 0 radical (unpaired) electrons. The van der Waals surface area contributed by atoms with Crippen molar-refractivity contribution in [2.75, 3.05) is 20.8 Å². The zero-order valence-corrected chi connectivity index (χ0v) is 15.5. The quantitative estimate of drug-likeness (QED) is 0.434. The number of benzene rings is 2. The summed E-state index contributed by atoms with van der Waals surface area (Å²) in [6, 6.07) is 11.7. The lowest BCUT2D eigenvalue weighted by Crippen LogP contribution is -2.19. The van der Waals surface area contributed by atoms with Crippen molar-refractivity contribution < 1.29 is 28.2 Å². The molecule has 2 aromatic carbocycles. The molecule has 1 heterocycles. The van der Waals surface area contributed by atoms with E-state index in [2.05, 4.69) is 0 Å². The molecule has 8 nitrogen and oxygen atoms in total. The number of carbonyl (C=O) groups excluding carboxylic acids is 2. The molecule has 0 spiro atoms. The Labute approximate surface area is 160 Å². The van der Waals surface area contributed by atoms with Crippen LogP contribution in [-0.2, 0) is 16.1 Å². The molecule has 28 heavy (non-hydrogen) atoms. The van der Waals surface area contributed by atoms with E-state index in [1.54, 1.807) is 36.4 Å². The number of rotatable bonds is 8. The number of Topliss-reactive ketones (excluding diaryl/α,β-unsaturated/α-hetero) is 1. The number of methoxy groups -OCH3 is 2. The molecule has 146 valence electrons. The highest BCUT2D eigenvalue weighted by Gasteiger charge is 2.17. The lowest BCUT2D eigenvalue weighted by molar-refractivity contribution is -0.142. The van der Waals surface area contributed by atoms with Gasteiger partial charge >= 0.3 is 11.7 Å². The SMILES string of the molecule is COc1ccc(OC)c(C(=O)COC(=O)CCn2c(=O)oc3ccccc32)c1. The second-order valence-corrected chi connectivity index (χ2v) is 5.89. The Morgan fingerprint density at radius 3 is 2.61 bits per heavy atom. The van der Waals surface area contributed by atoms with E-state index < -0.39 is 24.1 Å². The van der Waals surface area contributed by atoms with Gasteiger partial charge in [0.25, 0.3) is 0 Å². The van der Waals surface area contributed by atoms with Gasteiger partial charge in [-0.3, -0.25) is 14.2 Å². The topological polar surface area (TPSA) is 97.0 Å². The smallest absolute Gasteiger partial charge is 0.419 e. The van der Waals surface area contributed by atoms with Crippen molar-refractivity contribution in [1.82, 2.24) is 4.57 Å². The Kier molecular flexibility index (Phi) is 5.78. The van der Waals surface area contributed by atoms with Crippen LogP contribution in [-0.4, -0.2) is 37.1 Å². The second-order valence-electron chi connectivity index (χ2n) is 5.89. The monoisotopic (exact) mass is 385 g/mol. The molecule has 0 aliphatic carbocycles. The maximum absolute atomic E-state index is 12.4. The molecule has 0 bridgehead atoms. The van der Waals surface area contributed by atoms with Crippen LogP contribution in [0.3, 0.4) is 0 Å². The van der Waals surface area contributed by atoms with Crippen LogP contribution in [0.25, 0.3) is 11.1 Å². The highest BCUT2D eigenvalue weighted by atomic mass is 16.5. The third kappa shape index (κ3) is 4.06. The average Bonchev–Trinajstić information content (AvgIpc) is 3.04. The van der Waals surface area contributed by atoms with Crippen molar-refractivity contribution in [3.63, 3.8) is 0 Å². The first-order chi connectivity index (χ1) is 13.5. The number of nitrogens with zero attached hydrogens (tertiary/aromatic N) is 1. The van der Waals surface area contributed by atoms with E-state index in [9.17, 15) is 14.4 Å². The molecule has 0 saturated heterocycles. The first kappa shape index (κ1) is 19.2. The molecular weight excluding hydrogens is 366 g/mol. The number of esters is 1.